The van der Waals surface area contributed by atoms with Crippen molar-refractivity contribution in [2.45, 2.75) is 45.1 Å². The molecule has 0 aliphatic heterocycles. The molecule has 0 radical (unpaired) electrons. The summed E-state index contributed by atoms with van der Waals surface area (Å²) in [6.07, 6.45) is -3.18. The zero-order valence-electron chi connectivity index (χ0n) is 13.5. The number of hydrogen-bond acceptors (Lipinski definition) is 4. The minimum Gasteiger partial charge on any atom is -0.424 e. The van der Waals surface area contributed by atoms with Crippen LogP contribution in [0, 0.1) is 0 Å². The van der Waals surface area contributed by atoms with Gasteiger partial charge in [-0.05, 0) is 45.4 Å². The lowest BCUT2D eigenvalue weighted by Crippen LogP contribution is -2.44. The SMILES string of the molecule is CC(C)(O)C(C)(C)O.OB(O)/C=C/c1cccc(C(F)(F)F)c1. The molecule has 0 saturated carbocycles. The number of benzene rings is 1. The Kier molecular flexibility index (Phi) is 7.50. The molecule has 4 nitrogen and oxygen atoms in total. The highest BCUT2D eigenvalue weighted by molar-refractivity contribution is 6.48. The van der Waals surface area contributed by atoms with Crippen LogP contribution < -0.4 is 0 Å². The van der Waals surface area contributed by atoms with E-state index in [1.165, 1.54) is 18.2 Å². The van der Waals surface area contributed by atoms with Gasteiger partial charge in [0.1, 0.15) is 0 Å². The summed E-state index contributed by atoms with van der Waals surface area (Å²) in [7, 11) is -1.67. The highest BCUT2D eigenvalue weighted by Crippen LogP contribution is 2.29. The molecule has 0 spiro atoms. The van der Waals surface area contributed by atoms with Gasteiger partial charge in [0.25, 0.3) is 0 Å². The summed E-state index contributed by atoms with van der Waals surface area (Å²) < 4.78 is 36.7. The molecule has 0 heterocycles. The molecule has 0 fully saturated rings. The van der Waals surface area contributed by atoms with Gasteiger partial charge in [0.05, 0.1) is 16.8 Å². The van der Waals surface area contributed by atoms with Crippen LogP contribution in [-0.2, 0) is 6.18 Å². The topological polar surface area (TPSA) is 80.9 Å². The molecule has 0 aliphatic rings. The quantitative estimate of drug-likeness (QED) is 0.639. The Balaban J connectivity index is 0.000000515. The zero-order chi connectivity index (χ0) is 18.5. The molecule has 0 saturated heterocycles. The van der Waals surface area contributed by atoms with E-state index in [1.54, 1.807) is 27.7 Å². The number of alkyl halides is 3. The number of halogens is 3. The molecule has 1 aromatic rings. The normalized spacial score (nSPS) is 12.8. The summed E-state index contributed by atoms with van der Waals surface area (Å²) in [4.78, 5) is 0. The molecule has 8 heteroatoms. The first-order valence-electron chi connectivity index (χ1n) is 6.81. The Bertz CT molecular complexity index is 503. The summed E-state index contributed by atoms with van der Waals surface area (Å²) in [6, 6.07) is 4.58. The van der Waals surface area contributed by atoms with E-state index >= 15 is 0 Å². The fraction of sp³-hybridized carbons (Fsp3) is 0.467. The third kappa shape index (κ3) is 8.75. The van der Waals surface area contributed by atoms with Crippen molar-refractivity contribution in [3.05, 3.63) is 41.4 Å². The minimum atomic E-state index is -4.39. The van der Waals surface area contributed by atoms with Crippen LogP contribution in [-0.4, -0.2) is 38.6 Å². The smallest absolute Gasteiger partial charge is 0.424 e. The summed E-state index contributed by atoms with van der Waals surface area (Å²) in [5, 5.41) is 35.2. The Morgan fingerprint density at radius 2 is 1.43 bits per heavy atom. The molecule has 130 valence electrons. The van der Waals surface area contributed by atoms with Crippen molar-refractivity contribution in [2.24, 2.45) is 0 Å². The molecule has 0 atom stereocenters. The number of rotatable bonds is 3. The van der Waals surface area contributed by atoms with Crippen LogP contribution in [0.4, 0.5) is 13.2 Å². The first-order valence-corrected chi connectivity index (χ1v) is 6.81. The predicted octanol–water partition coefficient (Wildman–Crippen LogP) is 2.26. The Hall–Kier alpha value is -1.35. The fourth-order valence-electron chi connectivity index (χ4n) is 1.02. The standard InChI is InChI=1S/C9H8BF3O2.C6H14O2/c11-9(12,13)8-3-1-2-7(6-8)4-5-10(14)15;1-5(2,7)6(3,4)8/h1-6,14-15H;7-8H,1-4H3/b5-4+;. The van der Waals surface area contributed by atoms with Crippen molar-refractivity contribution in [3.63, 3.8) is 0 Å². The van der Waals surface area contributed by atoms with Crippen molar-refractivity contribution in [1.29, 1.82) is 0 Å². The van der Waals surface area contributed by atoms with Gasteiger partial charge in [-0.25, -0.2) is 0 Å². The summed E-state index contributed by atoms with van der Waals surface area (Å²) in [5.74, 6) is 0.982. The molecular weight excluding hydrogens is 312 g/mol. The van der Waals surface area contributed by atoms with Gasteiger partial charge < -0.3 is 20.3 Å². The van der Waals surface area contributed by atoms with Crippen LogP contribution in [0.15, 0.2) is 30.2 Å². The van der Waals surface area contributed by atoms with E-state index in [2.05, 4.69) is 0 Å². The average molecular weight is 334 g/mol. The maximum absolute atomic E-state index is 12.2. The van der Waals surface area contributed by atoms with Gasteiger partial charge in [0, 0.05) is 0 Å². The molecule has 1 rings (SSSR count). The lowest BCUT2D eigenvalue weighted by atomic mass is 9.90. The number of aliphatic hydroxyl groups is 2. The van der Waals surface area contributed by atoms with Crippen molar-refractivity contribution in [1.82, 2.24) is 0 Å². The van der Waals surface area contributed by atoms with Crippen molar-refractivity contribution < 1.29 is 33.4 Å². The lowest BCUT2D eigenvalue weighted by molar-refractivity contribution is -0.137. The van der Waals surface area contributed by atoms with E-state index in [0.717, 1.165) is 18.1 Å². The fourth-order valence-corrected chi connectivity index (χ4v) is 1.02. The highest BCUT2D eigenvalue weighted by atomic mass is 19.4. The van der Waals surface area contributed by atoms with Crippen LogP contribution in [0.2, 0.25) is 0 Å². The Morgan fingerprint density at radius 1 is 0.957 bits per heavy atom. The van der Waals surface area contributed by atoms with E-state index in [1.807, 2.05) is 0 Å². The van der Waals surface area contributed by atoms with Gasteiger partial charge in [-0.15, -0.1) is 0 Å². The average Bonchev–Trinajstić information content (AvgIpc) is 2.34. The van der Waals surface area contributed by atoms with E-state index in [-0.39, 0.29) is 5.56 Å². The van der Waals surface area contributed by atoms with Gasteiger partial charge in [-0.2, -0.15) is 13.2 Å². The second-order valence-corrected chi connectivity index (χ2v) is 6.01. The van der Waals surface area contributed by atoms with Gasteiger partial charge >= 0.3 is 13.3 Å². The summed E-state index contributed by atoms with van der Waals surface area (Å²) in [5.41, 5.74) is -2.52. The highest BCUT2D eigenvalue weighted by Gasteiger charge is 2.32. The van der Waals surface area contributed by atoms with Crippen LogP contribution in [0.25, 0.3) is 6.08 Å². The predicted molar refractivity (Wildman–Crippen MR) is 83.3 cm³/mol. The maximum atomic E-state index is 12.2. The molecule has 0 bridgehead atoms. The van der Waals surface area contributed by atoms with Gasteiger partial charge in [0.15, 0.2) is 0 Å². The molecular formula is C15H22BF3O4. The molecule has 0 amide bonds. The maximum Gasteiger partial charge on any atom is 0.480 e. The van der Waals surface area contributed by atoms with Crippen molar-refractivity contribution in [2.75, 3.05) is 0 Å². The second-order valence-electron chi connectivity index (χ2n) is 6.01. The van der Waals surface area contributed by atoms with Crippen LogP contribution in [0.1, 0.15) is 38.8 Å². The van der Waals surface area contributed by atoms with E-state index < -0.39 is 30.1 Å². The summed E-state index contributed by atoms with van der Waals surface area (Å²) >= 11 is 0. The van der Waals surface area contributed by atoms with Crippen LogP contribution in [0.3, 0.4) is 0 Å². The van der Waals surface area contributed by atoms with Crippen LogP contribution >= 0.6 is 0 Å². The monoisotopic (exact) mass is 334 g/mol. The minimum absolute atomic E-state index is 0.262. The van der Waals surface area contributed by atoms with Gasteiger partial charge in [-0.3, -0.25) is 0 Å². The molecule has 0 aromatic heterocycles. The first-order chi connectivity index (χ1) is 10.1. The van der Waals surface area contributed by atoms with E-state index in [9.17, 15) is 13.2 Å². The molecule has 0 unspecified atom stereocenters. The molecule has 1 aromatic carbocycles. The molecule has 4 N–H and O–H groups in total. The van der Waals surface area contributed by atoms with Crippen molar-refractivity contribution >= 4 is 13.2 Å². The zero-order valence-corrected chi connectivity index (χ0v) is 13.5. The Labute approximate surface area is 134 Å². The Morgan fingerprint density at radius 3 is 1.78 bits per heavy atom. The first kappa shape index (κ1) is 21.7. The van der Waals surface area contributed by atoms with Crippen molar-refractivity contribution in [3.8, 4) is 0 Å². The largest absolute Gasteiger partial charge is 0.480 e. The van der Waals surface area contributed by atoms with E-state index in [4.69, 9.17) is 20.3 Å². The third-order valence-corrected chi connectivity index (χ3v) is 3.17. The lowest BCUT2D eigenvalue weighted by Gasteiger charge is -2.31. The van der Waals surface area contributed by atoms with Gasteiger partial charge in [0.2, 0.25) is 0 Å². The van der Waals surface area contributed by atoms with E-state index in [0.29, 0.717) is 0 Å². The van der Waals surface area contributed by atoms with Crippen LogP contribution in [0.5, 0.6) is 0 Å². The summed E-state index contributed by atoms with van der Waals surface area (Å²) in [6.45, 7) is 6.31. The molecule has 23 heavy (non-hydrogen) atoms. The van der Waals surface area contributed by atoms with Gasteiger partial charge in [-0.1, -0.05) is 24.2 Å². The number of hydrogen-bond donors (Lipinski definition) is 4. The third-order valence-electron chi connectivity index (χ3n) is 3.17. The molecule has 0 aliphatic carbocycles. The second kappa shape index (κ2) is 7.96.